The summed E-state index contributed by atoms with van der Waals surface area (Å²) in [7, 11) is 3.43. The molecule has 2 heteroatoms. The van der Waals surface area contributed by atoms with Crippen LogP contribution in [0.1, 0.15) is 29.9 Å². The van der Waals surface area contributed by atoms with E-state index in [9.17, 15) is 0 Å². The highest BCUT2D eigenvalue weighted by Crippen LogP contribution is 2.34. The number of hydrogen-bond acceptors (Lipinski definition) is 2. The van der Waals surface area contributed by atoms with Crippen molar-refractivity contribution in [3.05, 3.63) is 35.4 Å². The van der Waals surface area contributed by atoms with Crippen LogP contribution in [-0.2, 0) is 15.9 Å². The molecule has 82 valence electrons. The summed E-state index contributed by atoms with van der Waals surface area (Å²) in [4.78, 5) is 0. The molecule has 1 aromatic rings. The summed E-state index contributed by atoms with van der Waals surface area (Å²) in [5.41, 5.74) is 2.85. The molecule has 1 aliphatic carbocycles. The molecule has 15 heavy (non-hydrogen) atoms. The van der Waals surface area contributed by atoms with Gasteiger partial charge in [0.2, 0.25) is 0 Å². The number of hydrogen-bond donors (Lipinski definition) is 0. The van der Waals surface area contributed by atoms with E-state index in [1.807, 2.05) is 0 Å². The van der Waals surface area contributed by atoms with Crippen molar-refractivity contribution in [2.45, 2.75) is 31.5 Å². The summed E-state index contributed by atoms with van der Waals surface area (Å²) in [6, 6.07) is 8.61. The van der Waals surface area contributed by atoms with E-state index >= 15 is 0 Å². The van der Waals surface area contributed by atoms with Crippen LogP contribution < -0.4 is 0 Å². The highest BCUT2D eigenvalue weighted by molar-refractivity contribution is 5.33. The van der Waals surface area contributed by atoms with E-state index in [0.717, 1.165) is 6.42 Å². The van der Waals surface area contributed by atoms with Gasteiger partial charge in [-0.05, 0) is 30.4 Å². The van der Waals surface area contributed by atoms with Crippen LogP contribution in [0, 0.1) is 0 Å². The molecular weight excluding hydrogens is 188 g/mol. The molecule has 0 amide bonds. The lowest BCUT2D eigenvalue weighted by molar-refractivity contribution is -0.120. The fourth-order valence-corrected chi connectivity index (χ4v) is 2.50. The zero-order valence-corrected chi connectivity index (χ0v) is 9.40. The van der Waals surface area contributed by atoms with E-state index in [1.165, 1.54) is 24.0 Å². The second-order valence-electron chi connectivity index (χ2n) is 4.04. The van der Waals surface area contributed by atoms with E-state index in [2.05, 4.69) is 24.3 Å². The Labute approximate surface area is 91.2 Å². The molecule has 0 spiro atoms. The standard InChI is InChI=1S/C13H18O2/c1-14-13(15-2)12-9-5-7-10-6-3-4-8-11(10)12/h3-4,6,8,12-13H,5,7,9H2,1-2H3. The maximum atomic E-state index is 5.37. The number of fused-ring (bicyclic) bond motifs is 1. The zero-order valence-electron chi connectivity index (χ0n) is 9.40. The largest absolute Gasteiger partial charge is 0.355 e. The molecule has 0 saturated heterocycles. The average molecular weight is 206 g/mol. The third kappa shape index (κ3) is 2.06. The van der Waals surface area contributed by atoms with E-state index in [-0.39, 0.29) is 6.29 Å². The van der Waals surface area contributed by atoms with Gasteiger partial charge in [-0.25, -0.2) is 0 Å². The SMILES string of the molecule is COC(OC)C1CCCc2ccccc21. The van der Waals surface area contributed by atoms with E-state index in [4.69, 9.17) is 9.47 Å². The molecule has 0 aliphatic heterocycles. The number of rotatable bonds is 3. The van der Waals surface area contributed by atoms with Crippen LogP contribution in [-0.4, -0.2) is 20.5 Å². The van der Waals surface area contributed by atoms with E-state index in [0.29, 0.717) is 5.92 Å². The summed E-state index contributed by atoms with van der Waals surface area (Å²) in [6.45, 7) is 0. The molecule has 1 aromatic carbocycles. The third-order valence-corrected chi connectivity index (χ3v) is 3.21. The van der Waals surface area contributed by atoms with Crippen LogP contribution in [0.3, 0.4) is 0 Å². The van der Waals surface area contributed by atoms with Gasteiger partial charge in [0.1, 0.15) is 0 Å². The first-order chi connectivity index (χ1) is 7.36. The highest BCUT2D eigenvalue weighted by atomic mass is 16.7. The van der Waals surface area contributed by atoms with Crippen molar-refractivity contribution >= 4 is 0 Å². The summed E-state index contributed by atoms with van der Waals surface area (Å²) in [5.74, 6) is 0.393. The van der Waals surface area contributed by atoms with Crippen molar-refractivity contribution in [2.75, 3.05) is 14.2 Å². The molecule has 0 heterocycles. The topological polar surface area (TPSA) is 18.5 Å². The maximum absolute atomic E-state index is 5.37. The van der Waals surface area contributed by atoms with E-state index in [1.54, 1.807) is 14.2 Å². The van der Waals surface area contributed by atoms with Crippen molar-refractivity contribution in [1.82, 2.24) is 0 Å². The van der Waals surface area contributed by atoms with Gasteiger partial charge in [-0.3, -0.25) is 0 Å². The lowest BCUT2D eigenvalue weighted by Gasteiger charge is -2.30. The van der Waals surface area contributed by atoms with Gasteiger partial charge in [0, 0.05) is 20.1 Å². The molecule has 0 saturated carbocycles. The molecule has 1 unspecified atom stereocenters. The van der Waals surface area contributed by atoms with Crippen molar-refractivity contribution in [2.24, 2.45) is 0 Å². The van der Waals surface area contributed by atoms with Crippen LogP contribution in [0.25, 0.3) is 0 Å². The van der Waals surface area contributed by atoms with Gasteiger partial charge < -0.3 is 9.47 Å². The number of methoxy groups -OCH3 is 2. The molecule has 2 rings (SSSR count). The predicted octanol–water partition coefficient (Wildman–Crippen LogP) is 2.73. The Morgan fingerprint density at radius 2 is 1.93 bits per heavy atom. The zero-order chi connectivity index (χ0) is 10.7. The number of benzene rings is 1. The van der Waals surface area contributed by atoms with Crippen LogP contribution in [0.2, 0.25) is 0 Å². The first-order valence-corrected chi connectivity index (χ1v) is 5.50. The Bertz CT molecular complexity index is 318. The molecular formula is C13H18O2. The summed E-state index contributed by atoms with van der Waals surface area (Å²) in [5, 5.41) is 0. The molecule has 0 bridgehead atoms. The second-order valence-corrected chi connectivity index (χ2v) is 4.04. The lowest BCUT2D eigenvalue weighted by Crippen LogP contribution is -2.26. The van der Waals surface area contributed by atoms with Crippen molar-refractivity contribution in [3.63, 3.8) is 0 Å². The van der Waals surface area contributed by atoms with E-state index < -0.39 is 0 Å². The molecule has 1 atom stereocenters. The third-order valence-electron chi connectivity index (χ3n) is 3.21. The highest BCUT2D eigenvalue weighted by Gasteiger charge is 2.27. The summed E-state index contributed by atoms with van der Waals surface area (Å²) < 4.78 is 10.7. The molecule has 0 aromatic heterocycles. The van der Waals surface area contributed by atoms with Gasteiger partial charge in [-0.2, -0.15) is 0 Å². The average Bonchev–Trinajstić information content (AvgIpc) is 2.31. The lowest BCUT2D eigenvalue weighted by atomic mass is 9.82. The molecule has 0 fully saturated rings. The van der Waals surface area contributed by atoms with Crippen LogP contribution in [0.4, 0.5) is 0 Å². The molecule has 1 aliphatic rings. The fraction of sp³-hybridized carbons (Fsp3) is 0.538. The Balaban J connectivity index is 2.28. The second kappa shape index (κ2) is 4.77. The van der Waals surface area contributed by atoms with Gasteiger partial charge in [-0.1, -0.05) is 24.3 Å². The minimum absolute atomic E-state index is 0.105. The Kier molecular flexibility index (Phi) is 3.39. The van der Waals surface area contributed by atoms with Gasteiger partial charge in [0.25, 0.3) is 0 Å². The first-order valence-electron chi connectivity index (χ1n) is 5.50. The van der Waals surface area contributed by atoms with Gasteiger partial charge in [-0.15, -0.1) is 0 Å². The number of ether oxygens (including phenoxy) is 2. The monoisotopic (exact) mass is 206 g/mol. The smallest absolute Gasteiger partial charge is 0.163 e. The van der Waals surface area contributed by atoms with Crippen LogP contribution >= 0.6 is 0 Å². The number of aryl methyl sites for hydroxylation is 1. The van der Waals surface area contributed by atoms with Gasteiger partial charge >= 0.3 is 0 Å². The van der Waals surface area contributed by atoms with Crippen molar-refractivity contribution in [1.29, 1.82) is 0 Å². The molecule has 2 nitrogen and oxygen atoms in total. The Morgan fingerprint density at radius 1 is 1.20 bits per heavy atom. The summed E-state index contributed by atoms with van der Waals surface area (Å²) >= 11 is 0. The molecule has 0 radical (unpaired) electrons. The first kappa shape index (κ1) is 10.7. The Hall–Kier alpha value is -0.860. The van der Waals surface area contributed by atoms with Crippen LogP contribution in [0.15, 0.2) is 24.3 Å². The van der Waals surface area contributed by atoms with Gasteiger partial charge in [0.15, 0.2) is 6.29 Å². The van der Waals surface area contributed by atoms with Gasteiger partial charge in [0.05, 0.1) is 0 Å². The van der Waals surface area contributed by atoms with Crippen molar-refractivity contribution < 1.29 is 9.47 Å². The fourth-order valence-electron chi connectivity index (χ4n) is 2.50. The Morgan fingerprint density at radius 3 is 2.67 bits per heavy atom. The quantitative estimate of drug-likeness (QED) is 0.708. The summed E-state index contributed by atoms with van der Waals surface area (Å²) in [6.07, 6.45) is 3.47. The minimum atomic E-state index is -0.105. The molecule has 0 N–H and O–H groups in total. The maximum Gasteiger partial charge on any atom is 0.163 e. The predicted molar refractivity (Wildman–Crippen MR) is 59.9 cm³/mol. The normalized spacial score (nSPS) is 20.3. The minimum Gasteiger partial charge on any atom is -0.355 e. The van der Waals surface area contributed by atoms with Crippen molar-refractivity contribution in [3.8, 4) is 0 Å². The van der Waals surface area contributed by atoms with Crippen LogP contribution in [0.5, 0.6) is 0 Å².